The second-order valence-corrected chi connectivity index (χ2v) is 4.44. The van der Waals surface area contributed by atoms with Gasteiger partial charge in [-0.25, -0.2) is 4.79 Å². The number of furan rings is 1. The maximum atomic E-state index is 12.0. The van der Waals surface area contributed by atoms with Crippen molar-refractivity contribution >= 4 is 11.9 Å². The van der Waals surface area contributed by atoms with Gasteiger partial charge < -0.3 is 14.8 Å². The van der Waals surface area contributed by atoms with Crippen molar-refractivity contribution < 1.29 is 19.1 Å². The number of aryl methyl sites for hydroxylation is 1. The summed E-state index contributed by atoms with van der Waals surface area (Å²) < 4.78 is 5.04. The number of carbonyl (C=O) groups excluding carboxylic acids is 1. The van der Waals surface area contributed by atoms with Crippen molar-refractivity contribution in [2.75, 3.05) is 0 Å². The van der Waals surface area contributed by atoms with Crippen molar-refractivity contribution in [2.45, 2.75) is 38.1 Å². The molecule has 0 saturated heterocycles. The average molecular weight is 237 g/mol. The summed E-state index contributed by atoms with van der Waals surface area (Å²) in [6.45, 7) is 1.68. The summed E-state index contributed by atoms with van der Waals surface area (Å²) in [6.07, 6.45) is 4.07. The third-order valence-corrected chi connectivity index (χ3v) is 3.32. The van der Waals surface area contributed by atoms with Crippen LogP contribution in [-0.4, -0.2) is 22.5 Å². The minimum absolute atomic E-state index is 0.374. The molecular weight excluding hydrogens is 222 g/mol. The Balaban J connectivity index is 2.17. The van der Waals surface area contributed by atoms with Gasteiger partial charge in [-0.3, -0.25) is 4.79 Å². The number of aliphatic carboxylic acids is 1. The molecule has 1 aliphatic rings. The quantitative estimate of drug-likeness (QED) is 0.838. The molecule has 92 valence electrons. The first-order valence-corrected chi connectivity index (χ1v) is 5.65. The molecule has 0 aliphatic heterocycles. The van der Waals surface area contributed by atoms with Crippen LogP contribution < -0.4 is 5.32 Å². The van der Waals surface area contributed by atoms with E-state index in [9.17, 15) is 14.7 Å². The van der Waals surface area contributed by atoms with Gasteiger partial charge in [-0.05, 0) is 25.8 Å². The van der Waals surface area contributed by atoms with Crippen LogP contribution in [0.15, 0.2) is 16.7 Å². The summed E-state index contributed by atoms with van der Waals surface area (Å²) in [7, 11) is 0. The van der Waals surface area contributed by atoms with E-state index in [0.29, 0.717) is 24.2 Å². The van der Waals surface area contributed by atoms with E-state index < -0.39 is 11.5 Å². The lowest BCUT2D eigenvalue weighted by molar-refractivity contribution is -0.144. The molecule has 1 heterocycles. The van der Waals surface area contributed by atoms with E-state index in [-0.39, 0.29) is 5.91 Å². The zero-order valence-corrected chi connectivity index (χ0v) is 9.66. The van der Waals surface area contributed by atoms with Gasteiger partial charge in [0.1, 0.15) is 11.3 Å². The molecule has 0 aromatic carbocycles. The van der Waals surface area contributed by atoms with Gasteiger partial charge in [0.25, 0.3) is 5.91 Å². The molecule has 1 fully saturated rings. The molecule has 0 spiro atoms. The van der Waals surface area contributed by atoms with Gasteiger partial charge in [0.2, 0.25) is 0 Å². The summed E-state index contributed by atoms with van der Waals surface area (Å²) in [4.78, 5) is 23.2. The minimum Gasteiger partial charge on any atom is -0.480 e. The van der Waals surface area contributed by atoms with Crippen LogP contribution >= 0.6 is 0 Å². The zero-order valence-electron chi connectivity index (χ0n) is 9.66. The fourth-order valence-electron chi connectivity index (χ4n) is 2.28. The molecule has 1 aromatic rings. The number of amides is 1. The van der Waals surface area contributed by atoms with E-state index in [1.165, 1.54) is 6.26 Å². The third kappa shape index (κ3) is 2.05. The van der Waals surface area contributed by atoms with Crippen LogP contribution in [0, 0.1) is 6.92 Å². The lowest BCUT2D eigenvalue weighted by Crippen LogP contribution is -2.52. The SMILES string of the molecule is Cc1occc1C(=O)NC1(C(=O)O)CCCC1. The molecular formula is C12H15NO4. The van der Waals surface area contributed by atoms with E-state index in [1.807, 2.05) is 0 Å². The predicted octanol–water partition coefficient (Wildman–Crippen LogP) is 1.72. The maximum absolute atomic E-state index is 12.0. The van der Waals surface area contributed by atoms with Gasteiger partial charge in [0, 0.05) is 0 Å². The number of carboxylic acid groups (broad SMARTS) is 1. The molecule has 1 aromatic heterocycles. The lowest BCUT2D eigenvalue weighted by atomic mass is 9.97. The second kappa shape index (κ2) is 4.24. The molecule has 1 aliphatic carbocycles. The van der Waals surface area contributed by atoms with Crippen LogP contribution in [0.5, 0.6) is 0 Å². The van der Waals surface area contributed by atoms with Gasteiger partial charge in [-0.15, -0.1) is 0 Å². The summed E-state index contributed by atoms with van der Waals surface area (Å²) in [5.74, 6) is -0.828. The molecule has 1 saturated carbocycles. The first-order chi connectivity index (χ1) is 8.05. The van der Waals surface area contributed by atoms with E-state index in [2.05, 4.69) is 5.32 Å². The molecule has 17 heavy (non-hydrogen) atoms. The van der Waals surface area contributed by atoms with Crippen LogP contribution in [0.1, 0.15) is 41.8 Å². The maximum Gasteiger partial charge on any atom is 0.329 e. The Bertz CT molecular complexity index is 443. The fourth-order valence-corrected chi connectivity index (χ4v) is 2.28. The smallest absolute Gasteiger partial charge is 0.329 e. The van der Waals surface area contributed by atoms with Crippen molar-refractivity contribution in [1.29, 1.82) is 0 Å². The number of nitrogens with one attached hydrogen (secondary N) is 1. The Morgan fingerprint density at radius 2 is 2.06 bits per heavy atom. The molecule has 0 radical (unpaired) electrons. The van der Waals surface area contributed by atoms with Crippen molar-refractivity contribution in [1.82, 2.24) is 5.32 Å². The van der Waals surface area contributed by atoms with Crippen molar-refractivity contribution in [2.24, 2.45) is 0 Å². The second-order valence-electron chi connectivity index (χ2n) is 4.44. The molecule has 0 unspecified atom stereocenters. The zero-order chi connectivity index (χ0) is 12.5. The lowest BCUT2D eigenvalue weighted by Gasteiger charge is -2.25. The number of carboxylic acids is 1. The Hall–Kier alpha value is -1.78. The van der Waals surface area contributed by atoms with Crippen molar-refractivity contribution in [3.05, 3.63) is 23.7 Å². The van der Waals surface area contributed by atoms with E-state index in [0.717, 1.165) is 12.8 Å². The van der Waals surface area contributed by atoms with Gasteiger partial charge in [-0.1, -0.05) is 12.8 Å². The summed E-state index contributed by atoms with van der Waals surface area (Å²) in [5, 5.41) is 11.9. The van der Waals surface area contributed by atoms with Crippen LogP contribution in [0.25, 0.3) is 0 Å². The predicted molar refractivity (Wildman–Crippen MR) is 59.7 cm³/mol. The molecule has 5 nitrogen and oxygen atoms in total. The monoisotopic (exact) mass is 237 g/mol. The standard InChI is InChI=1S/C12H15NO4/c1-8-9(4-7-17-8)10(14)13-12(11(15)16)5-2-3-6-12/h4,7H,2-3,5-6H2,1H3,(H,13,14)(H,15,16). The number of hydrogen-bond donors (Lipinski definition) is 2. The number of carbonyl (C=O) groups is 2. The first-order valence-electron chi connectivity index (χ1n) is 5.65. The highest BCUT2D eigenvalue weighted by atomic mass is 16.4. The highest BCUT2D eigenvalue weighted by Crippen LogP contribution is 2.30. The molecule has 1 amide bonds. The average Bonchev–Trinajstić information content (AvgIpc) is 2.87. The van der Waals surface area contributed by atoms with E-state index in [4.69, 9.17) is 4.42 Å². The van der Waals surface area contributed by atoms with Crippen molar-refractivity contribution in [3.63, 3.8) is 0 Å². The molecule has 0 atom stereocenters. The van der Waals surface area contributed by atoms with Crippen LogP contribution in [0.3, 0.4) is 0 Å². The third-order valence-electron chi connectivity index (χ3n) is 3.32. The van der Waals surface area contributed by atoms with Gasteiger partial charge in [0.05, 0.1) is 11.8 Å². The van der Waals surface area contributed by atoms with Gasteiger partial charge in [0.15, 0.2) is 0 Å². The summed E-state index contributed by atoms with van der Waals surface area (Å²) in [6, 6.07) is 1.55. The first kappa shape index (κ1) is 11.7. The van der Waals surface area contributed by atoms with Gasteiger partial charge >= 0.3 is 5.97 Å². The van der Waals surface area contributed by atoms with Crippen molar-refractivity contribution in [3.8, 4) is 0 Å². The Morgan fingerprint density at radius 3 is 2.53 bits per heavy atom. The summed E-state index contributed by atoms with van der Waals surface area (Å²) >= 11 is 0. The number of rotatable bonds is 3. The fraction of sp³-hybridized carbons (Fsp3) is 0.500. The van der Waals surface area contributed by atoms with E-state index in [1.54, 1.807) is 13.0 Å². The molecule has 0 bridgehead atoms. The van der Waals surface area contributed by atoms with Crippen LogP contribution in [0.2, 0.25) is 0 Å². The molecule has 5 heteroatoms. The van der Waals surface area contributed by atoms with Gasteiger partial charge in [-0.2, -0.15) is 0 Å². The topological polar surface area (TPSA) is 79.5 Å². The molecule has 2 rings (SSSR count). The van der Waals surface area contributed by atoms with Crippen LogP contribution in [0.4, 0.5) is 0 Å². The largest absolute Gasteiger partial charge is 0.480 e. The Kier molecular flexibility index (Phi) is 2.92. The Morgan fingerprint density at radius 1 is 1.41 bits per heavy atom. The Labute approximate surface area is 98.8 Å². The van der Waals surface area contributed by atoms with Crippen LogP contribution in [-0.2, 0) is 4.79 Å². The highest BCUT2D eigenvalue weighted by Gasteiger charge is 2.42. The highest BCUT2D eigenvalue weighted by molar-refractivity contribution is 5.98. The molecule has 2 N–H and O–H groups in total. The minimum atomic E-state index is -1.10. The summed E-state index contributed by atoms with van der Waals surface area (Å²) in [5.41, 5.74) is -0.696. The normalized spacial score (nSPS) is 17.9. The number of hydrogen-bond acceptors (Lipinski definition) is 3. The van der Waals surface area contributed by atoms with E-state index >= 15 is 0 Å².